The molecule has 2 amide bonds. The number of amides is 2. The molecule has 1 aromatic rings. The Morgan fingerprint density at radius 3 is 2.31 bits per heavy atom. The standard InChI is InChI=1S/C27H38N2O5S/c1-18-6-8-19(9-7-18)25(31)29(20-11-14-28(15-12-20)23(30)17-34-5)22-16-21(10-13-27(2,3)4)35-24(22)26(32)33/h16,18-20H,6-9,11-12,14-15,17H2,1-5H3,(H,32,33). The summed E-state index contributed by atoms with van der Waals surface area (Å²) in [6, 6.07) is 1.61. The number of rotatable bonds is 6. The number of aromatic carboxylic acids is 1. The summed E-state index contributed by atoms with van der Waals surface area (Å²) >= 11 is 1.13. The molecule has 1 aliphatic heterocycles. The van der Waals surface area contributed by atoms with Crippen molar-refractivity contribution >= 4 is 34.8 Å². The average Bonchev–Trinajstić information content (AvgIpc) is 3.23. The molecule has 1 N–H and O–H groups in total. The number of carbonyl (C=O) groups excluding carboxylic acids is 2. The Kier molecular flexibility index (Phi) is 9.00. The molecule has 1 aliphatic carbocycles. The number of thiophene rings is 1. The molecule has 0 radical (unpaired) electrons. The van der Waals surface area contributed by atoms with E-state index < -0.39 is 5.97 Å². The summed E-state index contributed by atoms with van der Waals surface area (Å²) in [5.74, 6) is 5.69. The second-order valence-electron chi connectivity index (χ2n) is 10.8. The first-order chi connectivity index (χ1) is 16.5. The lowest BCUT2D eigenvalue weighted by Crippen LogP contribution is -2.51. The highest BCUT2D eigenvalue weighted by Crippen LogP contribution is 2.38. The van der Waals surface area contributed by atoms with E-state index in [4.69, 9.17) is 4.74 Å². The summed E-state index contributed by atoms with van der Waals surface area (Å²) in [6.45, 7) is 9.30. The Morgan fingerprint density at radius 1 is 1.14 bits per heavy atom. The van der Waals surface area contributed by atoms with Crippen molar-refractivity contribution in [3.63, 3.8) is 0 Å². The lowest BCUT2D eigenvalue weighted by atomic mass is 9.82. The van der Waals surface area contributed by atoms with Crippen LogP contribution in [-0.2, 0) is 14.3 Å². The predicted molar refractivity (Wildman–Crippen MR) is 138 cm³/mol. The molecule has 2 heterocycles. The van der Waals surface area contributed by atoms with Crippen LogP contribution in [0.1, 0.15) is 80.8 Å². The van der Waals surface area contributed by atoms with Crippen molar-refractivity contribution in [2.75, 3.05) is 31.7 Å². The van der Waals surface area contributed by atoms with E-state index in [-0.39, 0.29) is 40.7 Å². The number of carboxylic acids is 1. The SMILES string of the molecule is COCC(=O)N1CCC(N(C(=O)C2CCC(C)CC2)c2cc(C#CC(C)(C)C)sc2C(=O)O)CC1. The molecule has 0 bridgehead atoms. The minimum atomic E-state index is -1.04. The second kappa shape index (κ2) is 11.6. The Balaban J connectivity index is 1.95. The van der Waals surface area contributed by atoms with Gasteiger partial charge in [-0.2, -0.15) is 0 Å². The van der Waals surface area contributed by atoms with Gasteiger partial charge in [-0.3, -0.25) is 9.59 Å². The number of ether oxygens (including phenoxy) is 1. The van der Waals surface area contributed by atoms with Gasteiger partial charge in [-0.15, -0.1) is 11.3 Å². The van der Waals surface area contributed by atoms with Crippen molar-refractivity contribution in [3.05, 3.63) is 15.8 Å². The molecule has 0 atom stereocenters. The lowest BCUT2D eigenvalue weighted by molar-refractivity contribution is -0.136. The molecule has 2 aliphatic rings. The van der Waals surface area contributed by atoms with Gasteiger partial charge in [-0.25, -0.2) is 4.79 Å². The van der Waals surface area contributed by atoms with Crippen LogP contribution in [0.25, 0.3) is 0 Å². The maximum absolute atomic E-state index is 13.9. The number of likely N-dealkylation sites (tertiary alicyclic amines) is 1. The maximum atomic E-state index is 13.9. The second-order valence-corrected chi connectivity index (χ2v) is 11.9. The van der Waals surface area contributed by atoms with Gasteiger partial charge in [0.15, 0.2) is 0 Å². The summed E-state index contributed by atoms with van der Waals surface area (Å²) in [5.41, 5.74) is 0.231. The monoisotopic (exact) mass is 502 g/mol. The largest absolute Gasteiger partial charge is 0.477 e. The van der Waals surface area contributed by atoms with Gasteiger partial charge in [0.05, 0.1) is 10.6 Å². The molecular formula is C27H38N2O5S. The van der Waals surface area contributed by atoms with Gasteiger partial charge < -0.3 is 19.6 Å². The molecule has 7 nitrogen and oxygen atoms in total. The van der Waals surface area contributed by atoms with Crippen LogP contribution < -0.4 is 4.90 Å². The van der Waals surface area contributed by atoms with Crippen molar-refractivity contribution < 1.29 is 24.2 Å². The van der Waals surface area contributed by atoms with Crippen molar-refractivity contribution in [1.29, 1.82) is 0 Å². The van der Waals surface area contributed by atoms with E-state index in [0.29, 0.717) is 42.4 Å². The van der Waals surface area contributed by atoms with Crippen LogP contribution in [0.4, 0.5) is 5.69 Å². The number of carbonyl (C=O) groups is 3. The molecule has 8 heteroatoms. The first kappa shape index (κ1) is 27.2. The summed E-state index contributed by atoms with van der Waals surface area (Å²) in [6.07, 6.45) is 4.86. The number of hydrogen-bond donors (Lipinski definition) is 1. The minimum Gasteiger partial charge on any atom is -0.477 e. The summed E-state index contributed by atoms with van der Waals surface area (Å²) in [5, 5.41) is 10.0. The number of anilines is 1. The highest BCUT2D eigenvalue weighted by Gasteiger charge is 2.37. The van der Waals surface area contributed by atoms with Gasteiger partial charge in [0.2, 0.25) is 11.8 Å². The first-order valence-electron chi connectivity index (χ1n) is 12.5. The quantitative estimate of drug-likeness (QED) is 0.573. The molecule has 2 fully saturated rings. The fourth-order valence-corrected chi connectivity index (χ4v) is 5.65. The Hall–Kier alpha value is -2.37. The number of piperidine rings is 1. The van der Waals surface area contributed by atoms with Gasteiger partial charge in [0.25, 0.3) is 0 Å². The number of methoxy groups -OCH3 is 1. The normalized spacial score (nSPS) is 21.2. The Morgan fingerprint density at radius 2 is 1.77 bits per heavy atom. The average molecular weight is 503 g/mol. The third-order valence-corrected chi connectivity index (χ3v) is 7.81. The number of nitrogens with zero attached hydrogens (tertiary/aromatic N) is 2. The van der Waals surface area contributed by atoms with Crippen LogP contribution in [0.15, 0.2) is 6.07 Å². The molecule has 0 spiro atoms. The first-order valence-corrected chi connectivity index (χ1v) is 13.3. The van der Waals surface area contributed by atoms with E-state index in [1.165, 1.54) is 7.11 Å². The summed E-state index contributed by atoms with van der Waals surface area (Å²) < 4.78 is 4.99. The van der Waals surface area contributed by atoms with Crippen LogP contribution in [0.3, 0.4) is 0 Å². The van der Waals surface area contributed by atoms with Gasteiger partial charge in [-0.05, 0) is 71.3 Å². The van der Waals surface area contributed by atoms with Crippen LogP contribution in [0, 0.1) is 29.1 Å². The zero-order valence-corrected chi connectivity index (χ0v) is 22.4. The van der Waals surface area contributed by atoms with E-state index in [0.717, 1.165) is 37.0 Å². The topological polar surface area (TPSA) is 87.2 Å². The van der Waals surface area contributed by atoms with Crippen LogP contribution in [0.2, 0.25) is 0 Å². The molecule has 1 saturated heterocycles. The number of carboxylic acid groups (broad SMARTS) is 1. The number of hydrogen-bond acceptors (Lipinski definition) is 5. The minimum absolute atomic E-state index is 0.00852. The fraction of sp³-hybridized carbons (Fsp3) is 0.667. The van der Waals surface area contributed by atoms with Gasteiger partial charge in [0.1, 0.15) is 11.5 Å². The molecule has 0 aromatic carbocycles. The van der Waals surface area contributed by atoms with E-state index >= 15 is 0 Å². The van der Waals surface area contributed by atoms with Crippen molar-refractivity contribution in [2.24, 2.45) is 17.3 Å². The molecule has 35 heavy (non-hydrogen) atoms. The lowest BCUT2D eigenvalue weighted by Gasteiger charge is -2.40. The predicted octanol–water partition coefficient (Wildman–Crippen LogP) is 4.64. The van der Waals surface area contributed by atoms with Gasteiger partial charge >= 0.3 is 5.97 Å². The fourth-order valence-electron chi connectivity index (χ4n) is 4.81. The van der Waals surface area contributed by atoms with Crippen molar-refractivity contribution in [2.45, 2.75) is 72.3 Å². The third-order valence-electron chi connectivity index (χ3n) is 6.78. The smallest absolute Gasteiger partial charge is 0.348 e. The van der Waals surface area contributed by atoms with E-state index in [1.807, 2.05) is 20.8 Å². The summed E-state index contributed by atoms with van der Waals surface area (Å²) in [4.78, 5) is 42.8. The van der Waals surface area contributed by atoms with E-state index in [2.05, 4.69) is 18.8 Å². The van der Waals surface area contributed by atoms with Crippen LogP contribution in [0.5, 0.6) is 0 Å². The highest BCUT2D eigenvalue weighted by molar-refractivity contribution is 7.15. The van der Waals surface area contributed by atoms with Crippen molar-refractivity contribution in [1.82, 2.24) is 4.90 Å². The zero-order chi connectivity index (χ0) is 25.8. The van der Waals surface area contributed by atoms with Gasteiger partial charge in [0, 0.05) is 37.6 Å². The molecule has 0 unspecified atom stereocenters. The van der Waals surface area contributed by atoms with Crippen LogP contribution >= 0.6 is 11.3 Å². The molecule has 192 valence electrons. The maximum Gasteiger partial charge on any atom is 0.348 e. The molecule has 1 aromatic heterocycles. The van der Waals surface area contributed by atoms with Crippen LogP contribution in [-0.4, -0.2) is 60.6 Å². The Labute approximate surface area is 212 Å². The highest BCUT2D eigenvalue weighted by atomic mass is 32.1. The third kappa shape index (κ3) is 7.08. The zero-order valence-electron chi connectivity index (χ0n) is 21.6. The molecular weight excluding hydrogens is 464 g/mol. The Bertz CT molecular complexity index is 983. The summed E-state index contributed by atoms with van der Waals surface area (Å²) in [7, 11) is 1.50. The van der Waals surface area contributed by atoms with Crippen molar-refractivity contribution in [3.8, 4) is 11.8 Å². The van der Waals surface area contributed by atoms with Gasteiger partial charge in [-0.1, -0.05) is 18.8 Å². The van der Waals surface area contributed by atoms with E-state index in [9.17, 15) is 19.5 Å². The van der Waals surface area contributed by atoms with E-state index in [1.54, 1.807) is 15.9 Å². The molecule has 3 rings (SSSR count). The molecule has 1 saturated carbocycles.